The second kappa shape index (κ2) is 7.92. The normalized spacial score (nSPS) is 13.5. The minimum atomic E-state index is -0.219. The third kappa shape index (κ3) is 4.11. The zero-order valence-corrected chi connectivity index (χ0v) is 14.4. The number of rotatable bonds is 6. The molecule has 1 N–H and O–H groups in total. The summed E-state index contributed by atoms with van der Waals surface area (Å²) in [5.74, 6) is -0.428. The second-order valence-electron chi connectivity index (χ2n) is 5.78. The number of hydrogen-bond acceptors (Lipinski definition) is 4. The Morgan fingerprint density at radius 3 is 2.50 bits per heavy atom. The molecule has 0 atom stereocenters. The average molecular weight is 332 g/mol. The van der Waals surface area contributed by atoms with Gasteiger partial charge in [-0.3, -0.25) is 24.2 Å². The van der Waals surface area contributed by atoms with Gasteiger partial charge in [0, 0.05) is 13.1 Å². The largest absolute Gasteiger partial charge is 0.342 e. The molecular weight excluding hydrogens is 308 g/mol. The van der Waals surface area contributed by atoms with Crippen LogP contribution in [0.4, 0.5) is 11.4 Å². The lowest BCUT2D eigenvalue weighted by molar-refractivity contribution is -0.132. The van der Waals surface area contributed by atoms with Crippen molar-refractivity contribution >= 4 is 29.1 Å². The summed E-state index contributed by atoms with van der Waals surface area (Å²) >= 11 is 0. The number of nitrogens with one attached hydrogen (secondary N) is 1. The predicted octanol–water partition coefficient (Wildman–Crippen LogP) is 0.772. The second-order valence-corrected chi connectivity index (χ2v) is 5.78. The number of benzene rings is 1. The van der Waals surface area contributed by atoms with E-state index in [1.807, 2.05) is 26.0 Å². The fourth-order valence-electron chi connectivity index (χ4n) is 2.74. The maximum atomic E-state index is 12.6. The van der Waals surface area contributed by atoms with Gasteiger partial charge in [-0.25, -0.2) is 0 Å². The summed E-state index contributed by atoms with van der Waals surface area (Å²) in [6, 6.07) is 7.19. The Balaban J connectivity index is 2.02. The summed E-state index contributed by atoms with van der Waals surface area (Å²) in [7, 11) is 1.73. The van der Waals surface area contributed by atoms with Crippen LogP contribution in [0.15, 0.2) is 24.3 Å². The molecule has 0 spiro atoms. The predicted molar refractivity (Wildman–Crippen MR) is 92.8 cm³/mol. The van der Waals surface area contributed by atoms with E-state index in [2.05, 4.69) is 5.32 Å². The lowest BCUT2D eigenvalue weighted by Crippen LogP contribution is -2.47. The highest BCUT2D eigenvalue weighted by Crippen LogP contribution is 2.28. The number of carbonyl (C=O) groups is 3. The summed E-state index contributed by atoms with van der Waals surface area (Å²) in [6.07, 6.45) is 0. The SMILES string of the molecule is CCN(CC)C(=O)CN(C)CC(=O)N1CC(=O)Nc2ccccc21. The van der Waals surface area contributed by atoms with E-state index in [1.165, 1.54) is 4.90 Å². The van der Waals surface area contributed by atoms with Crippen molar-refractivity contribution in [1.29, 1.82) is 0 Å². The molecule has 7 heteroatoms. The van der Waals surface area contributed by atoms with Crippen molar-refractivity contribution in [3.8, 4) is 0 Å². The maximum absolute atomic E-state index is 12.6. The zero-order valence-electron chi connectivity index (χ0n) is 14.4. The molecule has 3 amide bonds. The van der Waals surface area contributed by atoms with Gasteiger partial charge in [0.25, 0.3) is 0 Å². The number of anilines is 2. The standard InChI is InChI=1S/C17H24N4O3/c1-4-20(5-2)16(23)11-19(3)12-17(24)21-10-15(22)18-13-8-6-7-9-14(13)21/h6-9H,4-5,10-12H2,1-3H3,(H,18,22). The van der Waals surface area contributed by atoms with Gasteiger partial charge < -0.3 is 10.2 Å². The third-order valence-electron chi connectivity index (χ3n) is 4.00. The molecule has 7 nitrogen and oxygen atoms in total. The summed E-state index contributed by atoms with van der Waals surface area (Å²) in [5.41, 5.74) is 1.31. The number of hydrogen-bond donors (Lipinski definition) is 1. The van der Waals surface area contributed by atoms with Gasteiger partial charge in [0.1, 0.15) is 6.54 Å². The molecule has 1 aliphatic rings. The summed E-state index contributed by atoms with van der Waals surface area (Å²) in [5, 5.41) is 2.75. The van der Waals surface area contributed by atoms with E-state index in [0.717, 1.165) is 0 Å². The molecule has 24 heavy (non-hydrogen) atoms. The van der Waals surface area contributed by atoms with E-state index in [-0.39, 0.29) is 37.4 Å². The van der Waals surface area contributed by atoms with Crippen LogP contribution in [0, 0.1) is 0 Å². The fourth-order valence-corrected chi connectivity index (χ4v) is 2.74. The quantitative estimate of drug-likeness (QED) is 0.835. The van der Waals surface area contributed by atoms with Gasteiger partial charge in [-0.1, -0.05) is 12.1 Å². The molecule has 0 bridgehead atoms. The molecule has 0 fully saturated rings. The monoisotopic (exact) mass is 332 g/mol. The molecule has 1 aliphatic heterocycles. The molecule has 0 aliphatic carbocycles. The Labute approximate surface area is 142 Å². The molecule has 0 saturated carbocycles. The third-order valence-corrected chi connectivity index (χ3v) is 4.00. The van der Waals surface area contributed by atoms with Crippen LogP contribution in [0.5, 0.6) is 0 Å². The van der Waals surface area contributed by atoms with Gasteiger partial charge in [0.2, 0.25) is 17.7 Å². The first-order valence-corrected chi connectivity index (χ1v) is 8.11. The molecule has 2 rings (SSSR count). The van der Waals surface area contributed by atoms with E-state index in [0.29, 0.717) is 24.5 Å². The smallest absolute Gasteiger partial charge is 0.244 e. The summed E-state index contributed by atoms with van der Waals surface area (Å²) in [4.78, 5) is 41.4. The van der Waals surface area contributed by atoms with Crippen molar-refractivity contribution in [2.45, 2.75) is 13.8 Å². The van der Waals surface area contributed by atoms with Crippen LogP contribution < -0.4 is 10.2 Å². The number of likely N-dealkylation sites (N-methyl/N-ethyl adjacent to an activating group) is 2. The summed E-state index contributed by atoms with van der Waals surface area (Å²) < 4.78 is 0. The number of amides is 3. The van der Waals surface area contributed by atoms with Gasteiger partial charge in [-0.15, -0.1) is 0 Å². The highest BCUT2D eigenvalue weighted by molar-refractivity contribution is 6.10. The first-order valence-electron chi connectivity index (χ1n) is 8.11. The van der Waals surface area contributed by atoms with Crippen LogP contribution in [0.2, 0.25) is 0 Å². The molecule has 1 heterocycles. The Kier molecular flexibility index (Phi) is 5.92. The molecule has 130 valence electrons. The van der Waals surface area contributed by atoms with Crippen molar-refractivity contribution in [1.82, 2.24) is 9.80 Å². The van der Waals surface area contributed by atoms with Crippen molar-refractivity contribution in [2.75, 3.05) is 50.0 Å². The van der Waals surface area contributed by atoms with E-state index in [9.17, 15) is 14.4 Å². The van der Waals surface area contributed by atoms with E-state index < -0.39 is 0 Å². The van der Waals surface area contributed by atoms with Gasteiger partial charge >= 0.3 is 0 Å². The Hall–Kier alpha value is -2.41. The van der Waals surface area contributed by atoms with Gasteiger partial charge in [-0.2, -0.15) is 0 Å². The fraction of sp³-hybridized carbons (Fsp3) is 0.471. The van der Waals surface area contributed by atoms with E-state index >= 15 is 0 Å². The Morgan fingerprint density at radius 2 is 1.83 bits per heavy atom. The van der Waals surface area contributed by atoms with Crippen molar-refractivity contribution in [2.24, 2.45) is 0 Å². The van der Waals surface area contributed by atoms with Crippen molar-refractivity contribution in [3.63, 3.8) is 0 Å². The van der Waals surface area contributed by atoms with Crippen molar-refractivity contribution in [3.05, 3.63) is 24.3 Å². The molecule has 1 aromatic rings. The van der Waals surface area contributed by atoms with Gasteiger partial charge in [-0.05, 0) is 33.0 Å². The van der Waals surface area contributed by atoms with Crippen LogP contribution in [-0.4, -0.2) is 67.3 Å². The highest BCUT2D eigenvalue weighted by Gasteiger charge is 2.27. The molecule has 0 unspecified atom stereocenters. The molecular formula is C17H24N4O3. The van der Waals surface area contributed by atoms with Gasteiger partial charge in [0.05, 0.1) is 24.5 Å². The zero-order chi connectivity index (χ0) is 17.7. The van der Waals surface area contributed by atoms with Crippen LogP contribution in [0.1, 0.15) is 13.8 Å². The minimum Gasteiger partial charge on any atom is -0.342 e. The maximum Gasteiger partial charge on any atom is 0.244 e. The number of fused-ring (bicyclic) bond motifs is 1. The first-order chi connectivity index (χ1) is 11.5. The van der Waals surface area contributed by atoms with Crippen LogP contribution in [-0.2, 0) is 14.4 Å². The van der Waals surface area contributed by atoms with Crippen LogP contribution in [0.25, 0.3) is 0 Å². The van der Waals surface area contributed by atoms with Crippen molar-refractivity contribution < 1.29 is 14.4 Å². The number of carbonyl (C=O) groups excluding carboxylic acids is 3. The average Bonchev–Trinajstić information content (AvgIpc) is 2.54. The minimum absolute atomic E-state index is 0.00627. The lowest BCUT2D eigenvalue weighted by atomic mass is 10.2. The number of para-hydroxylation sites is 2. The Bertz CT molecular complexity index is 628. The Morgan fingerprint density at radius 1 is 1.17 bits per heavy atom. The molecule has 0 radical (unpaired) electrons. The van der Waals surface area contributed by atoms with E-state index in [1.54, 1.807) is 29.0 Å². The van der Waals surface area contributed by atoms with E-state index in [4.69, 9.17) is 0 Å². The molecule has 1 aromatic carbocycles. The van der Waals surface area contributed by atoms with Crippen LogP contribution >= 0.6 is 0 Å². The molecule has 0 aromatic heterocycles. The number of nitrogens with zero attached hydrogens (tertiary/aromatic N) is 3. The van der Waals surface area contributed by atoms with Gasteiger partial charge in [0.15, 0.2) is 0 Å². The topological polar surface area (TPSA) is 73.0 Å². The van der Waals surface area contributed by atoms with Crippen LogP contribution in [0.3, 0.4) is 0 Å². The highest BCUT2D eigenvalue weighted by atomic mass is 16.2. The molecule has 0 saturated heterocycles. The lowest BCUT2D eigenvalue weighted by Gasteiger charge is -2.30. The summed E-state index contributed by atoms with van der Waals surface area (Å²) in [6.45, 7) is 5.40. The first kappa shape index (κ1) is 17.9.